The van der Waals surface area contributed by atoms with Crippen LogP contribution in [0.5, 0.6) is 0 Å². The number of aryl methyl sites for hydroxylation is 1. The molecule has 0 saturated carbocycles. The quantitative estimate of drug-likeness (QED) is 0.0751. The van der Waals surface area contributed by atoms with Crippen LogP contribution in [0.25, 0.3) is 49.8 Å². The molecule has 0 spiro atoms. The van der Waals surface area contributed by atoms with Crippen molar-refractivity contribution in [3.05, 3.63) is 209 Å². The van der Waals surface area contributed by atoms with Crippen molar-refractivity contribution in [2.45, 2.75) is 121 Å². The first-order valence-corrected chi connectivity index (χ1v) is 33.9. The minimum Gasteiger partial charge on any atom is -0.545 e. The molecular formula is C74H84LiN11O12S. The van der Waals surface area contributed by atoms with Gasteiger partial charge in [0, 0.05) is 84.9 Å². The number of benzene rings is 7. The summed E-state index contributed by atoms with van der Waals surface area (Å²) in [5.41, 5.74) is 19.9. The van der Waals surface area contributed by atoms with Gasteiger partial charge in [0.05, 0.1) is 39.1 Å². The largest absolute Gasteiger partial charge is 1.00 e. The van der Waals surface area contributed by atoms with Gasteiger partial charge < -0.3 is 51.4 Å². The number of carbonyl (C=O) groups excluding carboxylic acids is 5. The molecule has 3 aliphatic rings. The number of aromatic nitrogens is 6. The van der Waals surface area contributed by atoms with Crippen molar-refractivity contribution in [1.29, 1.82) is 0 Å². The molecule has 3 saturated heterocycles. The molecular weight excluding hydrogens is 1270 g/mol. The number of fused-ring (bicyclic) bond motifs is 3. The van der Waals surface area contributed by atoms with E-state index >= 15 is 0 Å². The van der Waals surface area contributed by atoms with Crippen LogP contribution in [-0.4, -0.2) is 138 Å². The summed E-state index contributed by atoms with van der Waals surface area (Å²) in [6, 6.07) is 46.6. The van der Waals surface area contributed by atoms with Gasteiger partial charge in [0.2, 0.25) is 0 Å². The molecule has 3 fully saturated rings. The Morgan fingerprint density at radius 3 is 1.21 bits per heavy atom. The predicted molar refractivity (Wildman–Crippen MR) is 374 cm³/mol. The Balaban J connectivity index is 0.000000175. The summed E-state index contributed by atoms with van der Waals surface area (Å²) < 4.78 is 45.9. The molecule has 0 unspecified atom stereocenters. The van der Waals surface area contributed by atoms with Crippen LogP contribution in [0.3, 0.4) is 0 Å². The minimum absolute atomic E-state index is 0. The van der Waals surface area contributed by atoms with Gasteiger partial charge in [0.1, 0.15) is 27.8 Å². The van der Waals surface area contributed by atoms with E-state index < -0.39 is 39.1 Å². The molecule has 0 bridgehead atoms. The number of likely N-dealkylation sites (tertiary alicyclic amines) is 2. The zero-order valence-corrected chi connectivity index (χ0v) is 57.9. The van der Waals surface area contributed by atoms with Gasteiger partial charge in [-0.2, -0.15) is 23.7 Å². The maximum absolute atomic E-state index is 12.4. The summed E-state index contributed by atoms with van der Waals surface area (Å²) in [6.45, 7) is 18.0. The van der Waals surface area contributed by atoms with Crippen molar-refractivity contribution in [2.75, 3.05) is 39.3 Å². The molecule has 3 aliphatic heterocycles. The van der Waals surface area contributed by atoms with Crippen LogP contribution < -0.4 is 40.8 Å². The van der Waals surface area contributed by atoms with Crippen molar-refractivity contribution in [2.24, 2.45) is 11.5 Å². The van der Waals surface area contributed by atoms with Gasteiger partial charge in [-0.05, 0) is 177 Å². The molecule has 0 aliphatic carbocycles. The molecule has 0 radical (unpaired) electrons. The molecule has 13 rings (SSSR count). The van der Waals surface area contributed by atoms with Gasteiger partial charge >= 0.3 is 31.0 Å². The van der Waals surface area contributed by atoms with E-state index in [0.29, 0.717) is 53.2 Å². The Hall–Kier alpha value is -9.67. The average molecular weight is 1360 g/mol. The fraction of sp³-hybridized carbons (Fsp3) is 0.324. The van der Waals surface area contributed by atoms with Crippen LogP contribution in [0.1, 0.15) is 151 Å². The number of hydrogen-bond donors (Lipinski definition) is 4. The van der Waals surface area contributed by atoms with Gasteiger partial charge in [0.15, 0.2) is 0 Å². The molecule has 6 heterocycles. The molecule has 4 amide bonds. The molecule has 10 aromatic rings. The Labute approximate surface area is 587 Å². The summed E-state index contributed by atoms with van der Waals surface area (Å²) in [7, 11) is -4.02. The minimum atomic E-state index is -4.02. The summed E-state index contributed by atoms with van der Waals surface area (Å²) in [5.74, 6) is -1.07. The number of rotatable bonds is 10. The number of amides is 4. The maximum atomic E-state index is 12.4. The Bertz CT molecular complexity index is 4400. The third-order valence-corrected chi connectivity index (χ3v) is 17.9. The number of carboxylic acid groups (broad SMARTS) is 1. The molecule has 3 atom stereocenters. The second kappa shape index (κ2) is 32.3. The van der Waals surface area contributed by atoms with E-state index in [9.17, 15) is 37.5 Å². The van der Waals surface area contributed by atoms with Crippen molar-refractivity contribution in [3.8, 4) is 17.1 Å². The third-order valence-electron chi connectivity index (χ3n) is 17.0. The van der Waals surface area contributed by atoms with E-state index in [0.717, 1.165) is 89.7 Å². The van der Waals surface area contributed by atoms with Gasteiger partial charge in [-0.3, -0.25) is 14.1 Å². The summed E-state index contributed by atoms with van der Waals surface area (Å²) in [4.78, 5) is 63.0. The Morgan fingerprint density at radius 2 is 0.879 bits per heavy atom. The first-order chi connectivity index (χ1) is 46.1. The standard InChI is InChI=1S/C24H28N4O3.C24H27N3O4.C19H20N4O.C7H8O3S.Li.H2O/c1-24(2,3)31-23(30)27-13-5-7-17(14-27)16-9-11-19(12-10-16)28-15-18-6-4-8-20(22(25)29)21(18)26-28;1-24(2,3)31-23(30)26-13-5-7-17(14-26)16-9-11-19(12-10-16)27-15-18-6-4-8-20(22(28)29)21(18)25-27;20-19(24)17-5-1-3-15-12-23(22-18(15)17)16-8-6-13(7-9-16)14-4-2-10-21-11-14;1-6-2-4-7(5-3-6)11(8,9)10;;/h4,6,8-12,15,17H,5,7,13-14H2,1-3H3,(H2,25,29);4,6,8-12,15,17H,5,7,13-14H2,1-3H3,(H,28,29);1,3,5-9,12,14,21H,2,4,10-11H2,(H2,20,24);2-5H,1H3,(H,8,9,10);;1H2/q;;;;+1;/p-1/t2*17-;14-;;;/m111.../s1. The van der Waals surface area contributed by atoms with Crippen LogP contribution >= 0.6 is 0 Å². The van der Waals surface area contributed by atoms with E-state index in [1.165, 1.54) is 42.2 Å². The average Bonchev–Trinajstić information content (AvgIpc) is 1.71. The number of nitrogens with zero attached hydrogens (tertiary/aromatic N) is 8. The van der Waals surface area contributed by atoms with Gasteiger partial charge in [-0.25, -0.2) is 23.6 Å². The topological polar surface area (TPSA) is 337 Å². The zero-order valence-electron chi connectivity index (χ0n) is 57.1. The Morgan fingerprint density at radius 1 is 0.525 bits per heavy atom. The normalized spacial score (nSPS) is 16.3. The van der Waals surface area contributed by atoms with Crippen molar-refractivity contribution in [1.82, 2.24) is 44.5 Å². The van der Waals surface area contributed by atoms with E-state index in [4.69, 9.17) is 25.5 Å². The van der Waals surface area contributed by atoms with Crippen LogP contribution in [0.4, 0.5) is 9.59 Å². The number of carboxylic acids is 1. The number of nitrogens with two attached hydrogens (primary N) is 2. The van der Waals surface area contributed by atoms with E-state index in [1.54, 1.807) is 60.2 Å². The predicted octanol–water partition coefficient (Wildman–Crippen LogP) is 7.75. The van der Waals surface area contributed by atoms with E-state index in [-0.39, 0.29) is 58.8 Å². The van der Waals surface area contributed by atoms with Crippen LogP contribution in [0, 0.1) is 6.92 Å². The van der Waals surface area contributed by atoms with E-state index in [2.05, 4.69) is 57.0 Å². The molecule has 8 N–H and O–H groups in total. The molecule has 7 aromatic carbocycles. The molecule has 3 aromatic heterocycles. The summed E-state index contributed by atoms with van der Waals surface area (Å²) in [6.07, 6.45) is 11.5. The second-order valence-corrected chi connectivity index (χ2v) is 28.0. The molecule has 25 heteroatoms. The Kier molecular flexibility index (Phi) is 24.5. The maximum Gasteiger partial charge on any atom is 1.00 e. The number of hydrogen-bond acceptors (Lipinski definition) is 14. The van der Waals surface area contributed by atoms with Crippen molar-refractivity contribution < 1.29 is 75.9 Å². The fourth-order valence-electron chi connectivity index (χ4n) is 12.1. The van der Waals surface area contributed by atoms with E-state index in [1.807, 2.05) is 128 Å². The zero-order chi connectivity index (χ0) is 69.3. The van der Waals surface area contributed by atoms with Crippen LogP contribution in [0.2, 0.25) is 0 Å². The number of aromatic carboxylic acids is 1. The monoisotopic (exact) mass is 1360 g/mol. The van der Waals surface area contributed by atoms with Gasteiger partial charge in [-0.1, -0.05) is 96.6 Å². The first-order valence-electron chi connectivity index (χ1n) is 32.4. The molecule has 23 nitrogen and oxygen atoms in total. The second-order valence-electron chi connectivity index (χ2n) is 26.6. The van der Waals surface area contributed by atoms with Crippen molar-refractivity contribution >= 4 is 72.8 Å². The third kappa shape index (κ3) is 19.4. The number of nitrogens with one attached hydrogen (secondary N) is 1. The SMILES string of the molecule is CC(C)(C)OC(=O)N1CCC[C@@H](c2ccc(-n3cc4cccc(C(=O)[O-])c4n3)cc2)C1.CC(C)(C)OC(=O)N1CCC[C@@H](c2ccc(-n3cc4cccc(C(N)=O)c4n3)cc2)C1.Cc1ccc(S(=O)(=O)O)cc1.NC(=O)c1cccc2cn(-c3ccc([C@@H]4CCCNC4)cc3)nc12.O.[Li+]. The van der Waals surface area contributed by atoms with Crippen LogP contribution in [0.15, 0.2) is 175 Å². The van der Waals surface area contributed by atoms with Crippen LogP contribution in [-0.2, 0) is 19.6 Å². The number of primary amides is 2. The van der Waals surface area contributed by atoms with Gasteiger partial charge in [-0.15, -0.1) is 0 Å². The molecule has 514 valence electrons. The molecule has 99 heavy (non-hydrogen) atoms. The van der Waals surface area contributed by atoms with Crippen molar-refractivity contribution in [3.63, 3.8) is 0 Å². The first kappa shape index (κ1) is 75.1. The number of ether oxygens (including phenoxy) is 2. The number of piperidine rings is 3. The summed E-state index contributed by atoms with van der Waals surface area (Å²) in [5, 5.41) is 30.9. The van der Waals surface area contributed by atoms with Gasteiger partial charge in [0.25, 0.3) is 21.9 Å². The number of carbonyl (C=O) groups is 5. The fourth-order valence-corrected chi connectivity index (χ4v) is 12.6. The summed E-state index contributed by atoms with van der Waals surface area (Å²) >= 11 is 0. The smallest absolute Gasteiger partial charge is 0.545 e.